The molecule has 3 nitrogen and oxygen atoms in total. The molecule has 0 heterocycles. The molecule has 1 N–H and O–H groups in total. The Balaban J connectivity index is 1.93. The lowest BCUT2D eigenvalue weighted by Crippen LogP contribution is -2.27. The smallest absolute Gasteiger partial charge is 0.223 e. The van der Waals surface area contributed by atoms with Gasteiger partial charge in [-0.2, -0.15) is 0 Å². The highest BCUT2D eigenvalue weighted by molar-refractivity contribution is 5.81. The molecule has 0 bridgehead atoms. The number of nitrogens with one attached hydrogen (secondary N) is 1. The summed E-state index contributed by atoms with van der Waals surface area (Å²) in [5, 5.41) is 3.03. The van der Waals surface area contributed by atoms with Crippen LogP contribution in [0.25, 0.3) is 0 Å². The number of hydrogen-bond donors (Lipinski definition) is 1. The zero-order valence-electron chi connectivity index (χ0n) is 10.4. The van der Waals surface area contributed by atoms with Crippen molar-refractivity contribution in [2.45, 2.75) is 32.7 Å². The summed E-state index contributed by atoms with van der Waals surface area (Å²) in [6.45, 7) is 4.65. The molecule has 1 amide bonds. The fourth-order valence-corrected chi connectivity index (χ4v) is 1.78. The lowest BCUT2D eigenvalue weighted by molar-refractivity contribution is -0.122. The van der Waals surface area contributed by atoms with Gasteiger partial charge in [0.1, 0.15) is 5.75 Å². The molecule has 0 saturated heterocycles. The zero-order chi connectivity index (χ0) is 12.3. The minimum Gasteiger partial charge on any atom is -0.494 e. The van der Waals surface area contributed by atoms with Crippen molar-refractivity contribution >= 4 is 5.91 Å². The number of hydrogen-bond acceptors (Lipinski definition) is 2. The highest BCUT2D eigenvalue weighted by atomic mass is 16.5. The predicted molar refractivity (Wildman–Crippen MR) is 66.9 cm³/mol. The molecule has 1 unspecified atom stereocenters. The standard InChI is InChI=1S/C14H19NO2/c1-3-17-13-8-6-11(7-9-13)10(2)15-14(16)12-4-5-12/h6-10,12H,3-5H2,1-2H3,(H,15,16). The van der Waals surface area contributed by atoms with Crippen LogP contribution in [-0.2, 0) is 4.79 Å². The summed E-state index contributed by atoms with van der Waals surface area (Å²) in [5.41, 5.74) is 1.11. The molecule has 2 rings (SSSR count). The van der Waals surface area contributed by atoms with Crippen LogP contribution in [0.4, 0.5) is 0 Å². The second-order valence-electron chi connectivity index (χ2n) is 4.51. The Hall–Kier alpha value is -1.51. The van der Waals surface area contributed by atoms with Crippen LogP contribution in [0.1, 0.15) is 38.3 Å². The molecule has 1 fully saturated rings. The Morgan fingerprint density at radius 3 is 2.59 bits per heavy atom. The minimum absolute atomic E-state index is 0.0683. The van der Waals surface area contributed by atoms with Gasteiger partial charge in [0.05, 0.1) is 12.6 Å². The van der Waals surface area contributed by atoms with E-state index in [4.69, 9.17) is 4.74 Å². The normalized spacial score (nSPS) is 16.4. The molecule has 0 spiro atoms. The van der Waals surface area contributed by atoms with Crippen molar-refractivity contribution in [3.05, 3.63) is 29.8 Å². The first-order valence-corrected chi connectivity index (χ1v) is 6.24. The van der Waals surface area contributed by atoms with Crippen LogP contribution in [0.3, 0.4) is 0 Å². The Labute approximate surface area is 102 Å². The summed E-state index contributed by atoms with van der Waals surface area (Å²) in [6.07, 6.45) is 2.09. The summed E-state index contributed by atoms with van der Waals surface area (Å²) >= 11 is 0. The van der Waals surface area contributed by atoms with Crippen molar-refractivity contribution < 1.29 is 9.53 Å². The minimum atomic E-state index is 0.0683. The van der Waals surface area contributed by atoms with E-state index in [9.17, 15) is 4.79 Å². The predicted octanol–water partition coefficient (Wildman–Crippen LogP) is 2.67. The maximum Gasteiger partial charge on any atom is 0.223 e. The van der Waals surface area contributed by atoms with Gasteiger partial charge in [0, 0.05) is 5.92 Å². The van der Waals surface area contributed by atoms with E-state index in [0.29, 0.717) is 6.61 Å². The van der Waals surface area contributed by atoms with Crippen LogP contribution in [0.15, 0.2) is 24.3 Å². The summed E-state index contributed by atoms with van der Waals surface area (Å²) in [6, 6.07) is 7.96. The van der Waals surface area contributed by atoms with Gasteiger partial charge < -0.3 is 10.1 Å². The van der Waals surface area contributed by atoms with Crippen LogP contribution in [0, 0.1) is 5.92 Å². The number of rotatable bonds is 5. The lowest BCUT2D eigenvalue weighted by atomic mass is 10.1. The first-order valence-electron chi connectivity index (χ1n) is 6.24. The van der Waals surface area contributed by atoms with Gasteiger partial charge in [0.2, 0.25) is 5.91 Å². The average Bonchev–Trinajstić information content (AvgIpc) is 3.14. The fourth-order valence-electron chi connectivity index (χ4n) is 1.78. The third kappa shape index (κ3) is 3.22. The summed E-state index contributed by atoms with van der Waals surface area (Å²) < 4.78 is 5.38. The molecule has 1 aromatic carbocycles. The quantitative estimate of drug-likeness (QED) is 0.849. The molecule has 3 heteroatoms. The molecule has 0 aliphatic heterocycles. The fraction of sp³-hybridized carbons (Fsp3) is 0.500. The molecule has 0 radical (unpaired) electrons. The van der Waals surface area contributed by atoms with Crippen molar-refractivity contribution in [2.24, 2.45) is 5.92 Å². The molecule has 0 aromatic heterocycles. The molecule has 1 atom stereocenters. The van der Waals surface area contributed by atoms with E-state index in [-0.39, 0.29) is 17.9 Å². The van der Waals surface area contributed by atoms with Crippen molar-refractivity contribution in [3.63, 3.8) is 0 Å². The molecule has 92 valence electrons. The first-order chi connectivity index (χ1) is 8.20. The lowest BCUT2D eigenvalue weighted by Gasteiger charge is -2.14. The summed E-state index contributed by atoms with van der Waals surface area (Å²) in [7, 11) is 0. The molecule has 17 heavy (non-hydrogen) atoms. The van der Waals surface area contributed by atoms with Crippen LogP contribution in [0.2, 0.25) is 0 Å². The van der Waals surface area contributed by atoms with Crippen molar-refractivity contribution in [1.82, 2.24) is 5.32 Å². The summed E-state index contributed by atoms with van der Waals surface area (Å²) in [5.74, 6) is 1.32. The number of carbonyl (C=O) groups excluding carboxylic acids is 1. The van der Waals surface area contributed by atoms with Crippen LogP contribution in [0.5, 0.6) is 5.75 Å². The van der Waals surface area contributed by atoms with Gasteiger partial charge in [-0.1, -0.05) is 12.1 Å². The van der Waals surface area contributed by atoms with E-state index in [0.717, 1.165) is 24.2 Å². The SMILES string of the molecule is CCOc1ccc(C(C)NC(=O)C2CC2)cc1. The number of ether oxygens (including phenoxy) is 1. The maximum absolute atomic E-state index is 11.6. The molecular weight excluding hydrogens is 214 g/mol. The largest absolute Gasteiger partial charge is 0.494 e. The maximum atomic E-state index is 11.6. The second-order valence-corrected chi connectivity index (χ2v) is 4.51. The van der Waals surface area contributed by atoms with Crippen molar-refractivity contribution in [2.75, 3.05) is 6.61 Å². The van der Waals surface area contributed by atoms with E-state index in [1.807, 2.05) is 38.1 Å². The topological polar surface area (TPSA) is 38.3 Å². The van der Waals surface area contributed by atoms with Gasteiger partial charge in [-0.15, -0.1) is 0 Å². The monoisotopic (exact) mass is 233 g/mol. The van der Waals surface area contributed by atoms with Crippen LogP contribution >= 0.6 is 0 Å². The number of amides is 1. The third-order valence-corrected chi connectivity index (χ3v) is 3.00. The van der Waals surface area contributed by atoms with E-state index >= 15 is 0 Å². The van der Waals surface area contributed by atoms with Gasteiger partial charge in [0.25, 0.3) is 0 Å². The van der Waals surface area contributed by atoms with E-state index in [1.54, 1.807) is 0 Å². The van der Waals surface area contributed by atoms with Gasteiger partial charge >= 0.3 is 0 Å². The van der Waals surface area contributed by atoms with Crippen molar-refractivity contribution in [3.8, 4) is 5.75 Å². The van der Waals surface area contributed by atoms with Gasteiger partial charge in [-0.05, 0) is 44.4 Å². The average molecular weight is 233 g/mol. The Morgan fingerprint density at radius 1 is 1.41 bits per heavy atom. The molecular formula is C14H19NO2. The van der Waals surface area contributed by atoms with E-state index < -0.39 is 0 Å². The second kappa shape index (κ2) is 5.21. The van der Waals surface area contributed by atoms with Gasteiger partial charge in [-0.3, -0.25) is 4.79 Å². The van der Waals surface area contributed by atoms with Crippen LogP contribution < -0.4 is 10.1 Å². The highest BCUT2D eigenvalue weighted by Gasteiger charge is 2.30. The number of benzene rings is 1. The Morgan fingerprint density at radius 2 is 2.06 bits per heavy atom. The van der Waals surface area contributed by atoms with E-state index in [2.05, 4.69) is 5.32 Å². The Kier molecular flexibility index (Phi) is 3.67. The third-order valence-electron chi connectivity index (χ3n) is 3.00. The van der Waals surface area contributed by atoms with Crippen LogP contribution in [-0.4, -0.2) is 12.5 Å². The van der Waals surface area contributed by atoms with Gasteiger partial charge in [-0.25, -0.2) is 0 Å². The molecule has 1 aliphatic rings. The first kappa shape index (κ1) is 12.0. The molecule has 1 aromatic rings. The zero-order valence-corrected chi connectivity index (χ0v) is 10.4. The Bertz CT molecular complexity index is 382. The molecule has 1 aliphatic carbocycles. The number of carbonyl (C=O) groups is 1. The summed E-state index contributed by atoms with van der Waals surface area (Å²) in [4.78, 5) is 11.6. The highest BCUT2D eigenvalue weighted by Crippen LogP contribution is 2.29. The van der Waals surface area contributed by atoms with Gasteiger partial charge in [0.15, 0.2) is 0 Å². The molecule has 1 saturated carbocycles. The van der Waals surface area contributed by atoms with E-state index in [1.165, 1.54) is 0 Å². The van der Waals surface area contributed by atoms with Crippen molar-refractivity contribution in [1.29, 1.82) is 0 Å².